The fourth-order valence-electron chi connectivity index (χ4n) is 2.72. The van der Waals surface area contributed by atoms with Gasteiger partial charge in [-0.3, -0.25) is 0 Å². The normalized spacial score (nSPS) is 11.2. The minimum atomic E-state index is 0.612. The second kappa shape index (κ2) is 6.72. The predicted octanol–water partition coefficient (Wildman–Crippen LogP) is 2.92. The molecule has 26 heavy (non-hydrogen) atoms. The van der Waals surface area contributed by atoms with Crippen LogP contribution in [0.3, 0.4) is 0 Å². The Labute approximate surface area is 154 Å². The van der Waals surface area contributed by atoms with E-state index in [9.17, 15) is 0 Å². The highest BCUT2D eigenvalue weighted by molar-refractivity contribution is 7.98. The van der Waals surface area contributed by atoms with Crippen LogP contribution in [0.15, 0.2) is 53.9 Å². The largest absolute Gasteiger partial charge is 0.497 e. The molecule has 0 aliphatic heterocycles. The molecular weight excluding hydrogens is 348 g/mol. The number of nitrogens with two attached hydrogens (primary N) is 1. The van der Waals surface area contributed by atoms with Gasteiger partial charge in [0.1, 0.15) is 11.4 Å². The Hall–Kier alpha value is -3.00. The first-order chi connectivity index (χ1) is 12.7. The number of fused-ring (bicyclic) bond motifs is 1. The van der Waals surface area contributed by atoms with Crippen molar-refractivity contribution in [3.63, 3.8) is 0 Å². The molecule has 3 heterocycles. The third-order valence-corrected chi connectivity index (χ3v) is 5.07. The Morgan fingerprint density at radius 3 is 2.69 bits per heavy atom. The van der Waals surface area contributed by atoms with Gasteiger partial charge in [-0.2, -0.15) is 0 Å². The maximum absolute atomic E-state index is 6.18. The number of aromatic nitrogens is 5. The molecule has 7 nitrogen and oxygen atoms in total. The summed E-state index contributed by atoms with van der Waals surface area (Å²) in [6.07, 6.45) is 4.02. The zero-order chi connectivity index (χ0) is 18.1. The van der Waals surface area contributed by atoms with E-state index in [2.05, 4.69) is 28.2 Å². The van der Waals surface area contributed by atoms with E-state index in [0.29, 0.717) is 16.7 Å². The van der Waals surface area contributed by atoms with Crippen LogP contribution in [0.2, 0.25) is 0 Å². The molecule has 8 heteroatoms. The van der Waals surface area contributed by atoms with Gasteiger partial charge >= 0.3 is 0 Å². The maximum Gasteiger partial charge on any atom is 0.210 e. The molecule has 4 aromatic rings. The number of pyridine rings is 1. The average Bonchev–Trinajstić information content (AvgIpc) is 3.24. The Morgan fingerprint density at radius 2 is 1.96 bits per heavy atom. The summed E-state index contributed by atoms with van der Waals surface area (Å²) in [4.78, 5) is 4.67. The standard InChI is InChI=1S/C18H18N6OS/c1-12-4-3-9-23-10-14(20-16(12)23)11-26-18-22-21-17(24(18)19)13-5-7-15(25-2)8-6-13/h3-10H,11,19H2,1-2H3. The van der Waals surface area contributed by atoms with E-state index in [4.69, 9.17) is 10.6 Å². The average molecular weight is 366 g/mol. The number of rotatable bonds is 5. The number of ether oxygens (including phenoxy) is 1. The first-order valence-corrected chi connectivity index (χ1v) is 9.05. The maximum atomic E-state index is 6.18. The summed E-state index contributed by atoms with van der Waals surface area (Å²) in [5.74, 6) is 8.25. The van der Waals surface area contributed by atoms with Gasteiger partial charge in [0.15, 0.2) is 5.82 Å². The van der Waals surface area contributed by atoms with Crippen LogP contribution in [0.5, 0.6) is 5.75 Å². The number of nitrogen functional groups attached to an aromatic ring is 1. The predicted molar refractivity (Wildman–Crippen MR) is 102 cm³/mol. The van der Waals surface area contributed by atoms with Gasteiger partial charge in [-0.15, -0.1) is 10.2 Å². The lowest BCUT2D eigenvalue weighted by Gasteiger charge is -2.04. The lowest BCUT2D eigenvalue weighted by atomic mass is 10.2. The molecule has 0 spiro atoms. The molecule has 2 N–H and O–H groups in total. The summed E-state index contributed by atoms with van der Waals surface area (Å²) in [6.45, 7) is 2.05. The number of benzene rings is 1. The Kier molecular flexibility index (Phi) is 4.26. The molecule has 0 unspecified atom stereocenters. The van der Waals surface area contributed by atoms with Crippen LogP contribution in [0.1, 0.15) is 11.3 Å². The molecule has 0 atom stereocenters. The molecule has 3 aromatic heterocycles. The van der Waals surface area contributed by atoms with Crippen molar-refractivity contribution in [3.8, 4) is 17.1 Å². The Morgan fingerprint density at radius 1 is 1.15 bits per heavy atom. The van der Waals surface area contributed by atoms with Crippen molar-refractivity contribution >= 4 is 17.4 Å². The molecule has 0 saturated heterocycles. The highest BCUT2D eigenvalue weighted by Crippen LogP contribution is 2.25. The summed E-state index contributed by atoms with van der Waals surface area (Å²) in [5, 5.41) is 9.06. The fraction of sp³-hybridized carbons (Fsp3) is 0.167. The number of imidazole rings is 1. The summed E-state index contributed by atoms with van der Waals surface area (Å²) < 4.78 is 8.71. The molecule has 0 bridgehead atoms. The fourth-order valence-corrected chi connectivity index (χ4v) is 3.47. The van der Waals surface area contributed by atoms with Crippen LogP contribution in [-0.4, -0.2) is 31.4 Å². The molecule has 1 aromatic carbocycles. The van der Waals surface area contributed by atoms with Crippen molar-refractivity contribution in [2.24, 2.45) is 0 Å². The molecule has 0 fully saturated rings. The van der Waals surface area contributed by atoms with E-state index in [1.54, 1.807) is 7.11 Å². The van der Waals surface area contributed by atoms with Crippen molar-refractivity contribution in [1.82, 2.24) is 24.3 Å². The lowest BCUT2D eigenvalue weighted by molar-refractivity contribution is 0.415. The van der Waals surface area contributed by atoms with E-state index in [0.717, 1.165) is 28.2 Å². The molecule has 4 rings (SSSR count). The SMILES string of the molecule is COc1ccc(-c2nnc(SCc3cn4cccc(C)c4n3)n2N)cc1. The summed E-state index contributed by atoms with van der Waals surface area (Å²) >= 11 is 1.51. The van der Waals surface area contributed by atoms with E-state index in [1.165, 1.54) is 16.4 Å². The number of nitrogens with zero attached hydrogens (tertiary/aromatic N) is 5. The lowest BCUT2D eigenvalue weighted by Crippen LogP contribution is -2.11. The molecule has 0 saturated carbocycles. The highest BCUT2D eigenvalue weighted by Gasteiger charge is 2.13. The van der Waals surface area contributed by atoms with Gasteiger partial charge in [-0.1, -0.05) is 17.8 Å². The summed E-state index contributed by atoms with van der Waals surface area (Å²) in [6, 6.07) is 11.6. The molecule has 0 radical (unpaired) electrons. The molecule has 0 aliphatic rings. The van der Waals surface area contributed by atoms with E-state index in [-0.39, 0.29) is 0 Å². The second-order valence-electron chi connectivity index (χ2n) is 5.85. The monoisotopic (exact) mass is 366 g/mol. The number of aryl methyl sites for hydroxylation is 1. The van der Waals surface area contributed by atoms with Crippen LogP contribution in [-0.2, 0) is 5.75 Å². The zero-order valence-corrected chi connectivity index (χ0v) is 15.3. The van der Waals surface area contributed by atoms with Gasteiger partial charge in [-0.05, 0) is 42.8 Å². The zero-order valence-electron chi connectivity index (χ0n) is 14.5. The van der Waals surface area contributed by atoms with Gasteiger partial charge < -0.3 is 15.0 Å². The topological polar surface area (TPSA) is 83.3 Å². The van der Waals surface area contributed by atoms with Crippen molar-refractivity contribution in [1.29, 1.82) is 0 Å². The third-order valence-electron chi connectivity index (χ3n) is 4.09. The first-order valence-electron chi connectivity index (χ1n) is 8.06. The first kappa shape index (κ1) is 16.5. The molecule has 0 aliphatic carbocycles. The van der Waals surface area contributed by atoms with Crippen LogP contribution in [0.25, 0.3) is 17.0 Å². The van der Waals surface area contributed by atoms with Crippen molar-refractivity contribution in [2.75, 3.05) is 13.0 Å². The van der Waals surface area contributed by atoms with E-state index < -0.39 is 0 Å². The van der Waals surface area contributed by atoms with Crippen LogP contribution >= 0.6 is 11.8 Å². The Balaban J connectivity index is 1.53. The second-order valence-corrected chi connectivity index (χ2v) is 6.79. The summed E-state index contributed by atoms with van der Waals surface area (Å²) in [5.41, 5.74) is 3.97. The van der Waals surface area contributed by atoms with Crippen LogP contribution in [0.4, 0.5) is 0 Å². The van der Waals surface area contributed by atoms with Gasteiger partial charge in [0, 0.05) is 23.7 Å². The number of methoxy groups -OCH3 is 1. The molecule has 0 amide bonds. The molecule has 132 valence electrons. The van der Waals surface area contributed by atoms with Gasteiger partial charge in [0.2, 0.25) is 5.16 Å². The van der Waals surface area contributed by atoms with Crippen LogP contribution in [0, 0.1) is 6.92 Å². The van der Waals surface area contributed by atoms with E-state index >= 15 is 0 Å². The minimum absolute atomic E-state index is 0.612. The van der Waals surface area contributed by atoms with Gasteiger partial charge in [0.25, 0.3) is 0 Å². The quantitative estimate of drug-likeness (QED) is 0.432. The Bertz CT molecular complexity index is 1050. The third kappa shape index (κ3) is 2.99. The van der Waals surface area contributed by atoms with Gasteiger partial charge in [0.05, 0.1) is 12.8 Å². The van der Waals surface area contributed by atoms with Crippen LogP contribution < -0.4 is 10.6 Å². The van der Waals surface area contributed by atoms with Crippen molar-refractivity contribution in [2.45, 2.75) is 17.8 Å². The number of hydrogen-bond acceptors (Lipinski definition) is 6. The molecular formula is C18H18N6OS. The number of hydrogen-bond donors (Lipinski definition) is 1. The van der Waals surface area contributed by atoms with Crippen molar-refractivity contribution < 1.29 is 4.74 Å². The minimum Gasteiger partial charge on any atom is -0.497 e. The highest BCUT2D eigenvalue weighted by atomic mass is 32.2. The van der Waals surface area contributed by atoms with Crippen molar-refractivity contribution in [3.05, 3.63) is 60.0 Å². The van der Waals surface area contributed by atoms with E-state index in [1.807, 2.05) is 47.1 Å². The van der Waals surface area contributed by atoms with Gasteiger partial charge in [-0.25, -0.2) is 9.66 Å². The number of thioether (sulfide) groups is 1. The smallest absolute Gasteiger partial charge is 0.210 e. The summed E-state index contributed by atoms with van der Waals surface area (Å²) in [7, 11) is 1.63.